The van der Waals surface area contributed by atoms with Gasteiger partial charge >= 0.3 is 0 Å². The highest BCUT2D eigenvalue weighted by atomic mass is 16.3. The molecule has 4 fully saturated rings. The van der Waals surface area contributed by atoms with Crippen molar-refractivity contribution in [1.82, 2.24) is 0 Å². The lowest BCUT2D eigenvalue weighted by atomic mass is 9.44. The standard InChI is InChI=1S/C21H36O2/c1-13(22)17-6-7-18-16-5-4-14-12-15(23)8-10-20(14,2)19(16)9-11-21(17,18)3/h13-19,22-23H,4-12H2,1-3H3/t13-,14-,15-,16+,17+,18+,19+,20+,21-/m1/s1. The summed E-state index contributed by atoms with van der Waals surface area (Å²) >= 11 is 0. The maximum absolute atomic E-state index is 10.3. The smallest absolute Gasteiger partial charge is 0.0545 e. The van der Waals surface area contributed by atoms with E-state index in [0.717, 1.165) is 36.5 Å². The topological polar surface area (TPSA) is 40.5 Å². The average Bonchev–Trinajstić information content (AvgIpc) is 2.85. The fourth-order valence-corrected chi connectivity index (χ4v) is 8.07. The molecule has 132 valence electrons. The second-order valence-electron chi connectivity index (χ2n) is 10.1. The van der Waals surface area contributed by atoms with E-state index in [1.807, 2.05) is 6.92 Å². The predicted molar refractivity (Wildman–Crippen MR) is 92.9 cm³/mol. The first kappa shape index (κ1) is 16.4. The molecule has 0 spiro atoms. The molecule has 0 unspecified atom stereocenters. The van der Waals surface area contributed by atoms with E-state index in [9.17, 15) is 10.2 Å². The van der Waals surface area contributed by atoms with Crippen molar-refractivity contribution in [2.75, 3.05) is 0 Å². The van der Waals surface area contributed by atoms with Gasteiger partial charge in [0, 0.05) is 0 Å². The Morgan fingerprint density at radius 3 is 2.30 bits per heavy atom. The maximum atomic E-state index is 10.3. The Morgan fingerprint density at radius 1 is 0.870 bits per heavy atom. The first-order chi connectivity index (χ1) is 10.9. The van der Waals surface area contributed by atoms with Crippen LogP contribution in [0.1, 0.15) is 78.6 Å². The summed E-state index contributed by atoms with van der Waals surface area (Å²) in [4.78, 5) is 0. The molecule has 2 N–H and O–H groups in total. The zero-order valence-electron chi connectivity index (χ0n) is 15.3. The van der Waals surface area contributed by atoms with Gasteiger partial charge in [0.2, 0.25) is 0 Å². The van der Waals surface area contributed by atoms with E-state index in [1.54, 1.807) is 0 Å². The molecule has 0 aromatic carbocycles. The second-order valence-corrected chi connectivity index (χ2v) is 10.1. The number of hydrogen-bond acceptors (Lipinski definition) is 2. The number of hydrogen-bond donors (Lipinski definition) is 2. The van der Waals surface area contributed by atoms with E-state index >= 15 is 0 Å². The second kappa shape index (κ2) is 5.46. The van der Waals surface area contributed by atoms with Gasteiger partial charge in [-0.05, 0) is 105 Å². The SMILES string of the molecule is C[C@@H](O)[C@@H]1CC[C@H]2[C@@H]3CC[C@@H]4C[C@H](O)CC[C@]4(C)[C@H]3CC[C@@]21C. The number of aliphatic hydroxyl groups excluding tert-OH is 2. The van der Waals surface area contributed by atoms with Crippen molar-refractivity contribution >= 4 is 0 Å². The minimum atomic E-state index is -0.140. The largest absolute Gasteiger partial charge is 0.393 e. The van der Waals surface area contributed by atoms with Gasteiger partial charge in [-0.1, -0.05) is 13.8 Å². The number of rotatable bonds is 1. The van der Waals surface area contributed by atoms with Crippen LogP contribution in [-0.2, 0) is 0 Å². The molecule has 0 heterocycles. The zero-order valence-corrected chi connectivity index (χ0v) is 15.3. The van der Waals surface area contributed by atoms with Crippen LogP contribution in [0.5, 0.6) is 0 Å². The van der Waals surface area contributed by atoms with Crippen molar-refractivity contribution in [3.8, 4) is 0 Å². The van der Waals surface area contributed by atoms with E-state index in [2.05, 4.69) is 13.8 Å². The Hall–Kier alpha value is -0.0800. The molecule has 0 radical (unpaired) electrons. The van der Waals surface area contributed by atoms with E-state index in [4.69, 9.17) is 0 Å². The minimum absolute atomic E-state index is 0.0374. The first-order valence-corrected chi connectivity index (χ1v) is 10.2. The molecule has 0 amide bonds. The lowest BCUT2D eigenvalue weighted by Crippen LogP contribution is -2.54. The van der Waals surface area contributed by atoms with E-state index in [0.29, 0.717) is 16.7 Å². The average molecular weight is 321 g/mol. The lowest BCUT2D eigenvalue weighted by molar-refractivity contribution is -0.132. The summed E-state index contributed by atoms with van der Waals surface area (Å²) in [5.41, 5.74) is 0.860. The van der Waals surface area contributed by atoms with Crippen LogP contribution in [0.25, 0.3) is 0 Å². The molecular formula is C21H36O2. The molecule has 4 aliphatic rings. The molecule has 0 aromatic rings. The Balaban J connectivity index is 1.60. The zero-order chi connectivity index (χ0) is 16.4. The molecule has 2 nitrogen and oxygen atoms in total. The molecule has 0 saturated heterocycles. The van der Waals surface area contributed by atoms with E-state index in [-0.39, 0.29) is 12.2 Å². The quantitative estimate of drug-likeness (QED) is 0.752. The van der Waals surface area contributed by atoms with Gasteiger partial charge < -0.3 is 10.2 Å². The minimum Gasteiger partial charge on any atom is -0.393 e. The van der Waals surface area contributed by atoms with Crippen LogP contribution in [0.2, 0.25) is 0 Å². The molecule has 0 bridgehead atoms. The summed E-state index contributed by atoms with van der Waals surface area (Å²) in [6, 6.07) is 0. The Morgan fingerprint density at radius 2 is 1.57 bits per heavy atom. The van der Waals surface area contributed by atoms with Gasteiger partial charge in [-0.15, -0.1) is 0 Å². The van der Waals surface area contributed by atoms with Gasteiger partial charge in [0.1, 0.15) is 0 Å². The molecule has 0 aliphatic heterocycles. The van der Waals surface area contributed by atoms with Crippen LogP contribution in [0.15, 0.2) is 0 Å². The highest BCUT2D eigenvalue weighted by Gasteiger charge is 2.60. The van der Waals surface area contributed by atoms with Crippen LogP contribution in [0.3, 0.4) is 0 Å². The third kappa shape index (κ3) is 2.27. The van der Waals surface area contributed by atoms with E-state index in [1.165, 1.54) is 44.9 Å². The monoisotopic (exact) mass is 320 g/mol. The third-order valence-electron chi connectivity index (χ3n) is 9.29. The molecule has 23 heavy (non-hydrogen) atoms. The van der Waals surface area contributed by atoms with Crippen LogP contribution in [0.4, 0.5) is 0 Å². The van der Waals surface area contributed by atoms with Crippen LogP contribution in [0, 0.1) is 40.4 Å². The molecular weight excluding hydrogens is 284 g/mol. The summed E-state index contributed by atoms with van der Waals surface area (Å²) in [6.45, 7) is 7.08. The van der Waals surface area contributed by atoms with Crippen molar-refractivity contribution in [1.29, 1.82) is 0 Å². The summed E-state index contributed by atoms with van der Waals surface area (Å²) in [6.07, 6.45) is 11.1. The van der Waals surface area contributed by atoms with Gasteiger partial charge in [-0.2, -0.15) is 0 Å². The van der Waals surface area contributed by atoms with Crippen molar-refractivity contribution in [3.05, 3.63) is 0 Å². The fraction of sp³-hybridized carbons (Fsp3) is 1.00. The summed E-state index contributed by atoms with van der Waals surface area (Å²) in [5, 5.41) is 20.4. The fourth-order valence-electron chi connectivity index (χ4n) is 8.07. The van der Waals surface area contributed by atoms with E-state index < -0.39 is 0 Å². The third-order valence-corrected chi connectivity index (χ3v) is 9.29. The molecule has 2 heteroatoms. The van der Waals surface area contributed by atoms with Gasteiger partial charge in [0.05, 0.1) is 12.2 Å². The van der Waals surface area contributed by atoms with Crippen molar-refractivity contribution in [2.24, 2.45) is 40.4 Å². The summed E-state index contributed by atoms with van der Waals surface area (Å²) in [7, 11) is 0. The van der Waals surface area contributed by atoms with Gasteiger partial charge in [0.25, 0.3) is 0 Å². The van der Waals surface area contributed by atoms with Crippen LogP contribution >= 0.6 is 0 Å². The number of aliphatic hydroxyl groups is 2. The summed E-state index contributed by atoms with van der Waals surface area (Å²) in [5.74, 6) is 3.87. The van der Waals surface area contributed by atoms with Gasteiger partial charge in [-0.25, -0.2) is 0 Å². The Kier molecular flexibility index (Phi) is 3.89. The normalized spacial score (nSPS) is 57.3. The van der Waals surface area contributed by atoms with Crippen LogP contribution < -0.4 is 0 Å². The predicted octanol–water partition coefficient (Wildman–Crippen LogP) is 4.39. The maximum Gasteiger partial charge on any atom is 0.0545 e. The Bertz CT molecular complexity index is 461. The van der Waals surface area contributed by atoms with Crippen molar-refractivity contribution in [2.45, 2.75) is 90.8 Å². The first-order valence-electron chi connectivity index (χ1n) is 10.2. The van der Waals surface area contributed by atoms with Gasteiger partial charge in [0.15, 0.2) is 0 Å². The summed E-state index contributed by atoms with van der Waals surface area (Å²) < 4.78 is 0. The molecule has 4 aliphatic carbocycles. The molecule has 4 saturated carbocycles. The van der Waals surface area contributed by atoms with Gasteiger partial charge in [-0.3, -0.25) is 0 Å². The number of fused-ring (bicyclic) bond motifs is 5. The highest BCUT2D eigenvalue weighted by Crippen LogP contribution is 2.67. The lowest BCUT2D eigenvalue weighted by Gasteiger charge is -2.61. The van der Waals surface area contributed by atoms with Crippen LogP contribution in [-0.4, -0.2) is 22.4 Å². The highest BCUT2D eigenvalue weighted by molar-refractivity contribution is 5.09. The molecule has 4 rings (SSSR count). The Labute approximate surface area is 142 Å². The molecule has 0 aromatic heterocycles. The molecule has 9 atom stereocenters. The van der Waals surface area contributed by atoms with Crippen molar-refractivity contribution in [3.63, 3.8) is 0 Å². The van der Waals surface area contributed by atoms with Crippen molar-refractivity contribution < 1.29 is 10.2 Å².